The molecule has 1 aromatic rings. The van der Waals surface area contributed by atoms with Crippen LogP contribution in [0.1, 0.15) is 26.7 Å². The Morgan fingerprint density at radius 3 is 2.72 bits per heavy atom. The maximum Gasteiger partial charge on any atom is 0.215 e. The van der Waals surface area contributed by atoms with Gasteiger partial charge in [0.05, 0.1) is 13.7 Å². The van der Waals surface area contributed by atoms with Crippen LogP contribution in [0.3, 0.4) is 0 Å². The van der Waals surface area contributed by atoms with Gasteiger partial charge in [-0.15, -0.1) is 0 Å². The summed E-state index contributed by atoms with van der Waals surface area (Å²) in [5.74, 6) is 1.22. The number of nitrogens with two attached hydrogens (primary N) is 1. The maximum absolute atomic E-state index is 11.3. The monoisotopic (exact) mass is 255 g/mol. The van der Waals surface area contributed by atoms with E-state index < -0.39 is 5.23 Å². The summed E-state index contributed by atoms with van der Waals surface area (Å²) in [5, 5.41) is 10.8. The second kappa shape index (κ2) is 7.15. The average molecular weight is 255 g/mol. The molecule has 1 aromatic heterocycles. The normalized spacial score (nSPS) is 12.7. The zero-order chi connectivity index (χ0) is 13.5. The highest BCUT2D eigenvalue weighted by Crippen LogP contribution is 2.17. The molecule has 0 saturated heterocycles. The van der Waals surface area contributed by atoms with Crippen LogP contribution in [0, 0.1) is 11.1 Å². The zero-order valence-electron chi connectivity index (χ0n) is 11.1. The van der Waals surface area contributed by atoms with Gasteiger partial charge in [-0.2, -0.15) is 10.2 Å². The van der Waals surface area contributed by atoms with Gasteiger partial charge in [-0.05, 0) is 18.8 Å². The molecule has 0 aliphatic rings. The quantitative estimate of drug-likeness (QED) is 0.562. The van der Waals surface area contributed by atoms with Crippen molar-refractivity contribution in [2.24, 2.45) is 5.92 Å². The molecular formula is C12H21N3O3. The summed E-state index contributed by atoms with van der Waals surface area (Å²) in [7, 11) is 1.30. The predicted octanol–water partition coefficient (Wildman–Crippen LogP) is 1.05. The van der Waals surface area contributed by atoms with E-state index in [4.69, 9.17) is 10.5 Å². The molecule has 0 aliphatic carbocycles. The molecule has 6 heteroatoms. The van der Waals surface area contributed by atoms with Crippen molar-refractivity contribution in [2.45, 2.75) is 26.7 Å². The maximum atomic E-state index is 11.3. The van der Waals surface area contributed by atoms with Crippen LogP contribution >= 0.6 is 0 Å². The van der Waals surface area contributed by atoms with Crippen molar-refractivity contribution in [3.8, 4) is 5.88 Å². The molecular weight excluding hydrogens is 234 g/mol. The molecule has 18 heavy (non-hydrogen) atoms. The second-order valence-electron chi connectivity index (χ2n) is 4.46. The van der Waals surface area contributed by atoms with E-state index in [2.05, 4.69) is 23.7 Å². The minimum Gasteiger partial charge on any atom is -0.595 e. The van der Waals surface area contributed by atoms with Gasteiger partial charge in [-0.1, -0.05) is 13.8 Å². The minimum atomic E-state index is -0.494. The number of hydrogen-bond acceptors (Lipinski definition) is 5. The standard InChI is InChI=1S/C12H21N3O3/c1-9(2)5-4-8-18-11-7-6-10(12(13)14-11)15(16)17-3/h6-7,9,15H,4-5,8H2,1-3H3,(H2,13,14). The molecule has 0 fully saturated rings. The van der Waals surface area contributed by atoms with Gasteiger partial charge in [0.1, 0.15) is 0 Å². The molecule has 0 radical (unpaired) electrons. The molecule has 0 saturated carbocycles. The van der Waals surface area contributed by atoms with Crippen molar-refractivity contribution >= 4 is 11.5 Å². The van der Waals surface area contributed by atoms with Gasteiger partial charge in [-0.25, -0.2) is 4.84 Å². The van der Waals surface area contributed by atoms with Gasteiger partial charge in [0.15, 0.2) is 5.82 Å². The number of anilines is 1. The van der Waals surface area contributed by atoms with Crippen LogP contribution in [0.2, 0.25) is 0 Å². The fraction of sp³-hybridized carbons (Fsp3) is 0.583. The van der Waals surface area contributed by atoms with Gasteiger partial charge in [0.2, 0.25) is 11.6 Å². The molecule has 0 spiro atoms. The number of ether oxygens (including phenoxy) is 1. The summed E-state index contributed by atoms with van der Waals surface area (Å²) in [6.07, 6.45) is 2.08. The van der Waals surface area contributed by atoms with Gasteiger partial charge in [0, 0.05) is 12.1 Å². The van der Waals surface area contributed by atoms with E-state index >= 15 is 0 Å². The zero-order valence-corrected chi connectivity index (χ0v) is 11.1. The Morgan fingerprint density at radius 1 is 1.44 bits per heavy atom. The lowest BCUT2D eigenvalue weighted by Gasteiger charge is -2.17. The van der Waals surface area contributed by atoms with E-state index in [1.807, 2.05) is 0 Å². The first-order valence-corrected chi connectivity index (χ1v) is 6.02. The van der Waals surface area contributed by atoms with Crippen molar-refractivity contribution in [1.29, 1.82) is 0 Å². The molecule has 1 unspecified atom stereocenters. The van der Waals surface area contributed by atoms with Crippen molar-refractivity contribution < 1.29 is 14.8 Å². The van der Waals surface area contributed by atoms with E-state index in [-0.39, 0.29) is 11.5 Å². The molecule has 0 aliphatic heterocycles. The van der Waals surface area contributed by atoms with E-state index in [9.17, 15) is 5.21 Å². The Balaban J connectivity index is 2.51. The first-order valence-electron chi connectivity index (χ1n) is 6.02. The van der Waals surface area contributed by atoms with E-state index in [1.54, 1.807) is 12.1 Å². The highest BCUT2D eigenvalue weighted by molar-refractivity contribution is 5.52. The number of hydrogen-bond donors (Lipinski definition) is 2. The third kappa shape index (κ3) is 4.48. The molecule has 6 nitrogen and oxygen atoms in total. The Hall–Kier alpha value is -1.37. The SMILES string of the molecule is CO[NH+]([O-])c1ccc(OCCCC(C)C)nc1N. The van der Waals surface area contributed by atoms with Gasteiger partial charge < -0.3 is 15.7 Å². The fourth-order valence-corrected chi connectivity index (χ4v) is 1.49. The third-order valence-corrected chi connectivity index (χ3v) is 2.48. The van der Waals surface area contributed by atoms with Crippen molar-refractivity contribution in [1.82, 2.24) is 4.98 Å². The van der Waals surface area contributed by atoms with Gasteiger partial charge in [0.25, 0.3) is 0 Å². The average Bonchev–Trinajstić information content (AvgIpc) is 2.33. The van der Waals surface area contributed by atoms with Crippen LogP contribution in [0.5, 0.6) is 5.88 Å². The summed E-state index contributed by atoms with van der Waals surface area (Å²) >= 11 is 0. The van der Waals surface area contributed by atoms with E-state index in [0.717, 1.165) is 12.8 Å². The molecule has 1 atom stereocenters. The summed E-state index contributed by atoms with van der Waals surface area (Å²) in [6.45, 7) is 4.94. The molecule has 1 rings (SSSR count). The number of rotatable bonds is 7. The number of nitrogens with one attached hydrogen (secondary N) is 1. The van der Waals surface area contributed by atoms with Gasteiger partial charge >= 0.3 is 0 Å². The van der Waals surface area contributed by atoms with Crippen molar-refractivity contribution in [3.63, 3.8) is 0 Å². The second-order valence-corrected chi connectivity index (χ2v) is 4.46. The van der Waals surface area contributed by atoms with Crippen LogP contribution in [-0.2, 0) is 4.84 Å². The predicted molar refractivity (Wildman–Crippen MR) is 69.2 cm³/mol. The van der Waals surface area contributed by atoms with Crippen LogP contribution in [-0.4, -0.2) is 18.7 Å². The molecule has 3 N–H and O–H groups in total. The van der Waals surface area contributed by atoms with Crippen LogP contribution in [0.15, 0.2) is 12.1 Å². The van der Waals surface area contributed by atoms with E-state index in [1.165, 1.54) is 7.11 Å². The molecule has 1 heterocycles. The molecule has 102 valence electrons. The Kier molecular flexibility index (Phi) is 5.84. The Bertz CT molecular complexity index is 372. The van der Waals surface area contributed by atoms with E-state index in [0.29, 0.717) is 18.4 Å². The topological polar surface area (TPSA) is 84.9 Å². The smallest absolute Gasteiger partial charge is 0.215 e. The summed E-state index contributed by atoms with van der Waals surface area (Å²) in [4.78, 5) is 8.60. The van der Waals surface area contributed by atoms with Crippen molar-refractivity contribution in [2.75, 3.05) is 19.5 Å². The number of nitrogens with zero attached hydrogens (tertiary/aromatic N) is 1. The first kappa shape index (κ1) is 14.7. The third-order valence-electron chi connectivity index (χ3n) is 2.48. The lowest BCUT2D eigenvalue weighted by atomic mass is 10.1. The molecule has 0 amide bonds. The van der Waals surface area contributed by atoms with Gasteiger partial charge in [-0.3, -0.25) is 0 Å². The summed E-state index contributed by atoms with van der Waals surface area (Å²) < 4.78 is 5.46. The van der Waals surface area contributed by atoms with Crippen LogP contribution < -0.4 is 15.7 Å². The van der Waals surface area contributed by atoms with Crippen LogP contribution in [0.4, 0.5) is 11.5 Å². The Labute approximate surface area is 107 Å². The fourth-order valence-electron chi connectivity index (χ4n) is 1.49. The number of nitrogen functional groups attached to an aromatic ring is 1. The van der Waals surface area contributed by atoms with Crippen LogP contribution in [0.25, 0.3) is 0 Å². The molecule has 0 aromatic carbocycles. The first-order chi connectivity index (χ1) is 8.54. The number of aromatic nitrogens is 1. The Morgan fingerprint density at radius 2 is 2.17 bits per heavy atom. The minimum absolute atomic E-state index is 0.128. The largest absolute Gasteiger partial charge is 0.595 e. The van der Waals surface area contributed by atoms with Crippen molar-refractivity contribution in [3.05, 3.63) is 17.3 Å². The molecule has 0 bridgehead atoms. The summed E-state index contributed by atoms with van der Waals surface area (Å²) in [6, 6.07) is 3.18. The highest BCUT2D eigenvalue weighted by Gasteiger charge is 2.10. The summed E-state index contributed by atoms with van der Waals surface area (Å²) in [5.41, 5.74) is 5.91. The number of pyridine rings is 1. The highest BCUT2D eigenvalue weighted by atomic mass is 16.9. The number of quaternary nitrogens is 1. The lowest BCUT2D eigenvalue weighted by molar-refractivity contribution is -0.992. The lowest BCUT2D eigenvalue weighted by Crippen LogP contribution is -3.00.